The molecule has 1 nitrogen and oxygen atoms in total. The van der Waals surface area contributed by atoms with Crippen molar-refractivity contribution in [1.82, 2.24) is 0 Å². The van der Waals surface area contributed by atoms with Gasteiger partial charge in [-0.3, -0.25) is 0 Å². The number of aliphatic hydroxyl groups is 1. The summed E-state index contributed by atoms with van der Waals surface area (Å²) in [5.74, 6) is 0. The van der Waals surface area contributed by atoms with Crippen LogP contribution in [0.25, 0.3) is 0 Å². The van der Waals surface area contributed by atoms with Crippen molar-refractivity contribution in [3.8, 4) is 0 Å². The Morgan fingerprint density at radius 2 is 1.00 bits per heavy atom. The van der Waals surface area contributed by atoms with Crippen LogP contribution in [0.4, 0.5) is 0 Å². The Bertz CT molecular complexity index is 877. The van der Waals surface area contributed by atoms with Crippen molar-refractivity contribution in [1.29, 1.82) is 0 Å². The van der Waals surface area contributed by atoms with Crippen molar-refractivity contribution < 1.29 is 5.11 Å². The third kappa shape index (κ3) is 5.54. The molecule has 3 aromatic rings. The highest BCUT2D eigenvalue weighted by Crippen LogP contribution is 2.25. The Hall–Kier alpha value is -2.90. The molecule has 0 aliphatic rings. The number of rotatable bonds is 8. The second-order valence-electron chi connectivity index (χ2n) is 6.83. The summed E-state index contributed by atoms with van der Waals surface area (Å²) in [4.78, 5) is 0. The van der Waals surface area contributed by atoms with Gasteiger partial charge in [-0.25, -0.2) is 0 Å². The van der Waals surface area contributed by atoms with Crippen LogP contribution in [0.3, 0.4) is 0 Å². The van der Waals surface area contributed by atoms with Gasteiger partial charge in [0.2, 0.25) is 0 Å². The first kappa shape index (κ1) is 18.9. The van der Waals surface area contributed by atoms with Gasteiger partial charge in [-0.1, -0.05) is 97.6 Å². The zero-order valence-corrected chi connectivity index (χ0v) is 15.6. The maximum absolute atomic E-state index is 10.2. The molecule has 1 N–H and O–H groups in total. The van der Waals surface area contributed by atoms with E-state index in [0.717, 1.165) is 36.0 Å². The van der Waals surface area contributed by atoms with Crippen molar-refractivity contribution >= 4 is 0 Å². The van der Waals surface area contributed by atoms with Crippen LogP contribution in [-0.2, 0) is 19.3 Å². The molecule has 0 aromatic heterocycles. The lowest BCUT2D eigenvalue weighted by Gasteiger charge is -2.18. The van der Waals surface area contributed by atoms with E-state index in [-0.39, 0.29) is 6.61 Å². The van der Waals surface area contributed by atoms with E-state index in [9.17, 15) is 5.11 Å². The second kappa shape index (κ2) is 9.70. The van der Waals surface area contributed by atoms with Crippen LogP contribution in [0.15, 0.2) is 114 Å². The first-order valence-electron chi connectivity index (χ1n) is 9.38. The molecule has 3 rings (SSSR count). The number of benzene rings is 3. The molecule has 0 aliphatic heterocycles. The highest BCUT2D eigenvalue weighted by molar-refractivity contribution is 5.42. The topological polar surface area (TPSA) is 20.2 Å². The normalized spacial score (nSPS) is 11.7. The third-order valence-corrected chi connectivity index (χ3v) is 4.79. The summed E-state index contributed by atoms with van der Waals surface area (Å²) in [6, 6.07) is 31.1. The summed E-state index contributed by atoms with van der Waals surface area (Å²) in [6.45, 7) is 4.43. The van der Waals surface area contributed by atoms with Gasteiger partial charge in [0, 0.05) is 0 Å². The Labute approximate surface area is 162 Å². The van der Waals surface area contributed by atoms with Crippen LogP contribution in [0.5, 0.6) is 0 Å². The molecule has 3 aromatic carbocycles. The first-order chi connectivity index (χ1) is 13.3. The predicted molar refractivity (Wildman–Crippen MR) is 114 cm³/mol. The van der Waals surface area contributed by atoms with Crippen LogP contribution in [0, 0.1) is 0 Å². The largest absolute Gasteiger partial charge is 0.392 e. The van der Waals surface area contributed by atoms with Crippen molar-refractivity contribution in [2.75, 3.05) is 6.61 Å². The number of hydrogen-bond donors (Lipinski definition) is 1. The van der Waals surface area contributed by atoms with Gasteiger partial charge in [0.1, 0.15) is 0 Å². The average molecular weight is 354 g/mol. The highest BCUT2D eigenvalue weighted by atomic mass is 16.3. The summed E-state index contributed by atoms with van der Waals surface area (Å²) in [7, 11) is 0. The molecule has 136 valence electrons. The summed E-state index contributed by atoms with van der Waals surface area (Å²) >= 11 is 0. The maximum Gasteiger partial charge on any atom is 0.0650 e. The lowest BCUT2D eigenvalue weighted by molar-refractivity contribution is 0.327. The van der Waals surface area contributed by atoms with E-state index < -0.39 is 0 Å². The van der Waals surface area contributed by atoms with E-state index in [4.69, 9.17) is 0 Å². The molecule has 0 spiro atoms. The van der Waals surface area contributed by atoms with Crippen molar-refractivity contribution in [2.24, 2.45) is 0 Å². The Morgan fingerprint density at radius 3 is 1.44 bits per heavy atom. The van der Waals surface area contributed by atoms with Crippen LogP contribution in [0.1, 0.15) is 16.7 Å². The number of aliphatic hydroxyl groups excluding tert-OH is 1. The van der Waals surface area contributed by atoms with Gasteiger partial charge in [0.25, 0.3) is 0 Å². The summed E-state index contributed by atoms with van der Waals surface area (Å²) < 4.78 is 0. The molecule has 0 unspecified atom stereocenters. The Morgan fingerprint density at radius 1 is 0.593 bits per heavy atom. The van der Waals surface area contributed by atoms with Gasteiger partial charge in [0.15, 0.2) is 0 Å². The molecule has 0 atom stereocenters. The van der Waals surface area contributed by atoms with E-state index in [1.54, 1.807) is 0 Å². The van der Waals surface area contributed by atoms with Crippen LogP contribution < -0.4 is 0 Å². The molecular formula is C26H26O. The smallest absolute Gasteiger partial charge is 0.0650 e. The fraction of sp³-hybridized carbons (Fsp3) is 0.154. The minimum absolute atomic E-state index is 0.0465. The van der Waals surface area contributed by atoms with Crippen molar-refractivity contribution in [3.05, 3.63) is 131 Å². The molecule has 1 heteroatoms. The van der Waals surface area contributed by atoms with Gasteiger partial charge >= 0.3 is 0 Å². The van der Waals surface area contributed by atoms with E-state index >= 15 is 0 Å². The van der Waals surface area contributed by atoms with E-state index in [2.05, 4.69) is 67.2 Å². The van der Waals surface area contributed by atoms with Gasteiger partial charge in [-0.05, 0) is 52.7 Å². The van der Waals surface area contributed by atoms with Crippen LogP contribution in [-0.4, -0.2) is 11.7 Å². The maximum atomic E-state index is 10.2. The molecule has 0 radical (unpaired) electrons. The zero-order valence-electron chi connectivity index (χ0n) is 15.6. The molecule has 0 aliphatic carbocycles. The molecule has 27 heavy (non-hydrogen) atoms. The lowest BCUT2D eigenvalue weighted by atomic mass is 9.88. The van der Waals surface area contributed by atoms with E-state index in [1.807, 2.05) is 30.3 Å². The monoisotopic (exact) mass is 354 g/mol. The molecule has 0 heterocycles. The third-order valence-electron chi connectivity index (χ3n) is 4.79. The molecule has 0 amide bonds. The number of allylic oxidation sites excluding steroid dienone is 2. The molecular weight excluding hydrogens is 328 g/mol. The molecule has 0 saturated carbocycles. The lowest BCUT2D eigenvalue weighted by Crippen LogP contribution is -2.07. The van der Waals surface area contributed by atoms with Crippen molar-refractivity contribution in [3.63, 3.8) is 0 Å². The fourth-order valence-electron chi connectivity index (χ4n) is 3.35. The summed E-state index contributed by atoms with van der Waals surface area (Å²) in [5, 5.41) is 10.2. The molecule has 0 bridgehead atoms. The minimum Gasteiger partial charge on any atom is -0.392 e. The Kier molecular flexibility index (Phi) is 6.78. The average Bonchev–Trinajstić information content (AvgIpc) is 2.73. The summed E-state index contributed by atoms with van der Waals surface area (Å²) in [6.07, 6.45) is 2.32. The SMILES string of the molecule is C=C(Cc1ccccc1)/C(Cc1ccccc1)=C(\CO)Cc1ccccc1. The molecule has 0 saturated heterocycles. The zero-order chi connectivity index (χ0) is 18.9. The fourth-order valence-corrected chi connectivity index (χ4v) is 3.35. The second-order valence-corrected chi connectivity index (χ2v) is 6.83. The highest BCUT2D eigenvalue weighted by Gasteiger charge is 2.12. The van der Waals surface area contributed by atoms with E-state index in [0.29, 0.717) is 0 Å². The van der Waals surface area contributed by atoms with Crippen LogP contribution >= 0.6 is 0 Å². The Balaban J connectivity index is 1.92. The quantitative estimate of drug-likeness (QED) is 0.525. The number of hydrogen-bond acceptors (Lipinski definition) is 1. The summed E-state index contributed by atoms with van der Waals surface area (Å²) in [5.41, 5.74) is 6.97. The minimum atomic E-state index is 0.0465. The van der Waals surface area contributed by atoms with Gasteiger partial charge in [-0.15, -0.1) is 0 Å². The van der Waals surface area contributed by atoms with E-state index in [1.165, 1.54) is 16.7 Å². The van der Waals surface area contributed by atoms with Gasteiger partial charge in [-0.2, -0.15) is 0 Å². The van der Waals surface area contributed by atoms with Crippen molar-refractivity contribution in [2.45, 2.75) is 19.3 Å². The van der Waals surface area contributed by atoms with Gasteiger partial charge in [0.05, 0.1) is 6.61 Å². The standard InChI is InChI=1S/C26H26O/c1-21(17-22-11-5-2-6-12-22)26(19-24-15-9-4-10-16-24)25(20-27)18-23-13-7-3-8-14-23/h2-16,27H,1,17-20H2/b26-25-. The predicted octanol–water partition coefficient (Wildman–Crippen LogP) is 5.56. The first-order valence-corrected chi connectivity index (χ1v) is 9.38. The van der Waals surface area contributed by atoms with Crippen LogP contribution in [0.2, 0.25) is 0 Å². The van der Waals surface area contributed by atoms with Gasteiger partial charge < -0.3 is 5.11 Å². The molecule has 0 fully saturated rings.